The fourth-order valence-electron chi connectivity index (χ4n) is 3.30. The zero-order valence-electron chi connectivity index (χ0n) is 14.6. The molecule has 26 heavy (non-hydrogen) atoms. The van der Waals surface area contributed by atoms with Crippen molar-refractivity contribution in [1.82, 2.24) is 9.97 Å². The van der Waals surface area contributed by atoms with Gasteiger partial charge in [0.05, 0.1) is 0 Å². The van der Waals surface area contributed by atoms with Crippen molar-refractivity contribution >= 4 is 23.2 Å². The van der Waals surface area contributed by atoms with Gasteiger partial charge in [0.15, 0.2) is 0 Å². The number of fused-ring (bicyclic) bond motifs is 1. The van der Waals surface area contributed by atoms with Crippen LogP contribution in [-0.2, 0) is 12.8 Å². The number of nitrogens with zero attached hydrogens (tertiary/aromatic N) is 3. The molecule has 0 fully saturated rings. The van der Waals surface area contributed by atoms with E-state index in [4.69, 9.17) is 0 Å². The number of benzene rings is 2. The average molecular weight is 344 g/mol. The molecule has 0 aliphatic carbocycles. The first-order valence-corrected chi connectivity index (χ1v) is 8.84. The van der Waals surface area contributed by atoms with Gasteiger partial charge in [0.2, 0.25) is 5.95 Å². The maximum absolute atomic E-state index is 12.9. The lowest BCUT2D eigenvalue weighted by molar-refractivity contribution is 0.0984. The Hall–Kier alpha value is -3.21. The van der Waals surface area contributed by atoms with Gasteiger partial charge in [-0.1, -0.05) is 43.3 Å². The Bertz CT molecular complexity index is 954. The van der Waals surface area contributed by atoms with E-state index < -0.39 is 0 Å². The molecule has 2 aromatic carbocycles. The monoisotopic (exact) mass is 344 g/mol. The second-order valence-electron chi connectivity index (χ2n) is 6.24. The van der Waals surface area contributed by atoms with Crippen molar-refractivity contribution in [1.29, 1.82) is 0 Å². The number of aromatic nitrogens is 2. The van der Waals surface area contributed by atoms with Crippen LogP contribution in [0.25, 0.3) is 0 Å². The zero-order chi connectivity index (χ0) is 17.9. The van der Waals surface area contributed by atoms with Gasteiger partial charge in [0, 0.05) is 24.1 Å². The lowest BCUT2D eigenvalue weighted by Gasteiger charge is -2.17. The molecular formula is C21H20N4O. The molecule has 0 spiro atoms. The normalized spacial score (nSPS) is 12.7. The molecule has 0 atom stereocenters. The molecule has 2 heterocycles. The number of nitrogens with one attached hydrogen (secondary N) is 1. The van der Waals surface area contributed by atoms with Gasteiger partial charge in [-0.2, -0.15) is 0 Å². The van der Waals surface area contributed by atoms with E-state index in [0.29, 0.717) is 18.2 Å². The van der Waals surface area contributed by atoms with Crippen LogP contribution in [0.4, 0.5) is 17.3 Å². The Morgan fingerprint density at radius 3 is 2.81 bits per heavy atom. The van der Waals surface area contributed by atoms with Crippen molar-refractivity contribution in [3.05, 3.63) is 77.6 Å². The highest BCUT2D eigenvalue weighted by molar-refractivity contribution is 6.06. The van der Waals surface area contributed by atoms with E-state index in [2.05, 4.69) is 34.3 Å². The van der Waals surface area contributed by atoms with Crippen molar-refractivity contribution in [2.45, 2.75) is 19.8 Å². The van der Waals surface area contributed by atoms with E-state index in [9.17, 15) is 4.79 Å². The van der Waals surface area contributed by atoms with Gasteiger partial charge in [-0.3, -0.25) is 4.79 Å². The number of hydrogen-bond donors (Lipinski definition) is 1. The molecule has 4 rings (SSSR count). The summed E-state index contributed by atoms with van der Waals surface area (Å²) < 4.78 is 0. The third kappa shape index (κ3) is 3.04. The van der Waals surface area contributed by atoms with Gasteiger partial charge in [-0.05, 0) is 42.2 Å². The molecule has 1 aliphatic heterocycles. The third-order valence-corrected chi connectivity index (χ3v) is 4.65. The van der Waals surface area contributed by atoms with Crippen molar-refractivity contribution in [2.24, 2.45) is 0 Å². The number of para-hydroxylation sites is 2. The number of aryl methyl sites for hydroxylation is 1. The Balaban J connectivity index is 1.59. The minimum Gasteiger partial charge on any atom is -0.324 e. The van der Waals surface area contributed by atoms with Crippen molar-refractivity contribution < 1.29 is 4.79 Å². The number of hydrogen-bond acceptors (Lipinski definition) is 4. The molecule has 0 saturated heterocycles. The highest BCUT2D eigenvalue weighted by atomic mass is 16.2. The van der Waals surface area contributed by atoms with Gasteiger partial charge in [0.25, 0.3) is 5.91 Å². The van der Waals surface area contributed by atoms with E-state index in [-0.39, 0.29) is 5.91 Å². The number of carbonyl (C=O) groups is 1. The second-order valence-corrected chi connectivity index (χ2v) is 6.24. The van der Waals surface area contributed by atoms with Crippen molar-refractivity contribution in [3.8, 4) is 0 Å². The molecule has 1 aromatic heterocycles. The van der Waals surface area contributed by atoms with Crippen LogP contribution < -0.4 is 10.2 Å². The van der Waals surface area contributed by atoms with E-state index in [1.807, 2.05) is 36.4 Å². The van der Waals surface area contributed by atoms with E-state index in [1.54, 1.807) is 17.2 Å². The average Bonchev–Trinajstić information content (AvgIpc) is 3.12. The highest BCUT2D eigenvalue weighted by Gasteiger charge is 2.26. The van der Waals surface area contributed by atoms with Crippen molar-refractivity contribution in [3.63, 3.8) is 0 Å². The first-order valence-electron chi connectivity index (χ1n) is 8.84. The van der Waals surface area contributed by atoms with Gasteiger partial charge in [-0.15, -0.1) is 0 Å². The topological polar surface area (TPSA) is 58.1 Å². The molecule has 5 nitrogen and oxygen atoms in total. The first-order chi connectivity index (χ1) is 12.8. The van der Waals surface area contributed by atoms with Gasteiger partial charge in [0.1, 0.15) is 5.69 Å². The van der Waals surface area contributed by atoms with Crippen LogP contribution in [-0.4, -0.2) is 22.4 Å². The Labute approximate surface area is 152 Å². The summed E-state index contributed by atoms with van der Waals surface area (Å²) in [6, 6.07) is 17.7. The molecule has 5 heteroatoms. The highest BCUT2D eigenvalue weighted by Crippen LogP contribution is 2.28. The molecular weight excluding hydrogens is 324 g/mol. The van der Waals surface area contributed by atoms with Crippen LogP contribution in [0.1, 0.15) is 28.5 Å². The molecule has 1 aliphatic rings. The first kappa shape index (κ1) is 16.3. The van der Waals surface area contributed by atoms with Crippen LogP contribution in [0, 0.1) is 0 Å². The maximum Gasteiger partial charge on any atom is 0.277 e. The largest absolute Gasteiger partial charge is 0.324 e. The summed E-state index contributed by atoms with van der Waals surface area (Å²) in [6.07, 6.45) is 3.41. The summed E-state index contributed by atoms with van der Waals surface area (Å²) in [7, 11) is 0. The number of anilines is 3. The quantitative estimate of drug-likeness (QED) is 0.777. The van der Waals surface area contributed by atoms with Crippen molar-refractivity contribution in [2.75, 3.05) is 16.8 Å². The van der Waals surface area contributed by atoms with Gasteiger partial charge < -0.3 is 10.2 Å². The molecule has 0 unspecified atom stereocenters. The molecule has 0 saturated carbocycles. The summed E-state index contributed by atoms with van der Waals surface area (Å²) in [5, 5.41) is 3.24. The summed E-state index contributed by atoms with van der Waals surface area (Å²) >= 11 is 0. The number of carbonyl (C=O) groups excluding carboxylic acids is 1. The van der Waals surface area contributed by atoms with Crippen LogP contribution in [0.15, 0.2) is 60.8 Å². The number of rotatable bonds is 4. The Morgan fingerprint density at radius 1 is 1.12 bits per heavy atom. The van der Waals surface area contributed by atoms with Gasteiger partial charge >= 0.3 is 0 Å². The summed E-state index contributed by atoms with van der Waals surface area (Å²) in [6.45, 7) is 2.79. The molecule has 0 bridgehead atoms. The lowest BCUT2D eigenvalue weighted by Crippen LogP contribution is -2.29. The summed E-state index contributed by atoms with van der Waals surface area (Å²) in [5.41, 5.74) is 4.72. The van der Waals surface area contributed by atoms with E-state index >= 15 is 0 Å². The predicted molar refractivity (Wildman–Crippen MR) is 103 cm³/mol. The smallest absolute Gasteiger partial charge is 0.277 e. The fraction of sp³-hybridized carbons (Fsp3) is 0.190. The van der Waals surface area contributed by atoms with Gasteiger partial charge in [-0.25, -0.2) is 9.97 Å². The number of amides is 1. The van der Waals surface area contributed by atoms with E-state index in [0.717, 1.165) is 24.2 Å². The molecule has 1 amide bonds. The summed E-state index contributed by atoms with van der Waals surface area (Å²) in [4.78, 5) is 23.5. The van der Waals surface area contributed by atoms with Crippen LogP contribution >= 0.6 is 0 Å². The SMILES string of the molecule is CCc1ccccc1Nc1nccc(C(=O)N2CCc3ccccc32)n1. The standard InChI is InChI=1S/C21H20N4O/c1-2-15-7-3-5-9-17(15)23-21-22-13-11-18(24-21)20(26)25-14-12-16-8-4-6-10-19(16)25/h3-11,13H,2,12,14H2,1H3,(H,22,23,24). The third-order valence-electron chi connectivity index (χ3n) is 4.65. The molecule has 1 N–H and O–H groups in total. The minimum absolute atomic E-state index is 0.0934. The van der Waals surface area contributed by atoms with Crippen LogP contribution in [0.2, 0.25) is 0 Å². The second kappa shape index (κ2) is 6.96. The zero-order valence-corrected chi connectivity index (χ0v) is 14.6. The lowest BCUT2D eigenvalue weighted by atomic mass is 10.1. The predicted octanol–water partition coefficient (Wildman–Crippen LogP) is 3.99. The maximum atomic E-state index is 12.9. The Morgan fingerprint density at radius 2 is 1.92 bits per heavy atom. The fourth-order valence-corrected chi connectivity index (χ4v) is 3.30. The summed E-state index contributed by atoms with van der Waals surface area (Å²) in [5.74, 6) is 0.341. The Kier molecular flexibility index (Phi) is 4.35. The van der Waals surface area contributed by atoms with E-state index in [1.165, 1.54) is 11.1 Å². The molecule has 130 valence electrons. The van der Waals surface area contributed by atoms with Crippen LogP contribution in [0.5, 0.6) is 0 Å². The molecule has 0 radical (unpaired) electrons. The van der Waals surface area contributed by atoms with Crippen LogP contribution in [0.3, 0.4) is 0 Å². The molecule has 3 aromatic rings. The minimum atomic E-state index is -0.0934.